The summed E-state index contributed by atoms with van der Waals surface area (Å²) in [5.41, 5.74) is 9.48. The number of carbonyl (C=O) groups excluding carboxylic acids is 1. The number of hydrogen-bond donors (Lipinski definition) is 1. The molecular formula is C24H25Cl3N4O. The number of nitrogens with zero attached hydrogens (tertiary/aromatic N) is 3. The van der Waals surface area contributed by atoms with E-state index >= 15 is 0 Å². The van der Waals surface area contributed by atoms with Crippen molar-refractivity contribution >= 4 is 46.4 Å². The molecule has 0 spiro atoms. The SMILES string of the molecule is CC(C)(C)c1ccc(CN(CCc2ccc(Cl)c(Cl)c2)C(=O)c2nc(Cl)ncc2N)cc1. The molecule has 1 heterocycles. The van der Waals surface area contributed by atoms with Crippen LogP contribution in [-0.2, 0) is 18.4 Å². The second kappa shape index (κ2) is 10.1. The van der Waals surface area contributed by atoms with Crippen LogP contribution in [0.2, 0.25) is 15.3 Å². The van der Waals surface area contributed by atoms with E-state index in [2.05, 4.69) is 42.9 Å². The summed E-state index contributed by atoms with van der Waals surface area (Å²) >= 11 is 18.1. The van der Waals surface area contributed by atoms with Gasteiger partial charge in [0.25, 0.3) is 5.91 Å². The minimum Gasteiger partial charge on any atom is -0.396 e. The predicted octanol–water partition coefficient (Wildman–Crippen LogP) is 6.20. The van der Waals surface area contributed by atoms with E-state index in [0.717, 1.165) is 11.1 Å². The molecule has 3 aromatic rings. The molecule has 0 fully saturated rings. The van der Waals surface area contributed by atoms with E-state index in [-0.39, 0.29) is 28.0 Å². The molecule has 1 aromatic heterocycles. The van der Waals surface area contributed by atoms with Crippen molar-refractivity contribution in [3.63, 3.8) is 0 Å². The largest absolute Gasteiger partial charge is 0.396 e. The summed E-state index contributed by atoms with van der Waals surface area (Å²) < 4.78 is 0. The fraction of sp³-hybridized carbons (Fsp3) is 0.292. The first-order valence-electron chi connectivity index (χ1n) is 10.2. The lowest BCUT2D eigenvalue weighted by Gasteiger charge is -2.24. The highest BCUT2D eigenvalue weighted by Gasteiger charge is 2.22. The first-order valence-corrected chi connectivity index (χ1v) is 11.3. The lowest BCUT2D eigenvalue weighted by molar-refractivity contribution is 0.0740. The molecule has 0 saturated carbocycles. The molecule has 2 N–H and O–H groups in total. The molecule has 8 heteroatoms. The average Bonchev–Trinajstić information content (AvgIpc) is 2.74. The molecule has 0 bridgehead atoms. The van der Waals surface area contributed by atoms with Gasteiger partial charge in [-0.2, -0.15) is 0 Å². The fourth-order valence-electron chi connectivity index (χ4n) is 3.23. The molecule has 0 aliphatic rings. The van der Waals surface area contributed by atoms with Crippen LogP contribution in [0.15, 0.2) is 48.7 Å². The highest BCUT2D eigenvalue weighted by atomic mass is 35.5. The van der Waals surface area contributed by atoms with Crippen LogP contribution in [0.4, 0.5) is 5.69 Å². The van der Waals surface area contributed by atoms with Gasteiger partial charge in [-0.15, -0.1) is 0 Å². The monoisotopic (exact) mass is 490 g/mol. The molecule has 0 aliphatic heterocycles. The second-order valence-corrected chi connectivity index (χ2v) is 9.77. The topological polar surface area (TPSA) is 72.1 Å². The third-order valence-electron chi connectivity index (χ3n) is 5.13. The van der Waals surface area contributed by atoms with Gasteiger partial charge in [-0.05, 0) is 52.3 Å². The number of anilines is 1. The number of nitrogens with two attached hydrogens (primary N) is 1. The van der Waals surface area contributed by atoms with Gasteiger partial charge in [0.2, 0.25) is 5.28 Å². The van der Waals surface area contributed by atoms with Crippen molar-refractivity contribution in [3.05, 3.63) is 86.4 Å². The number of carbonyl (C=O) groups is 1. The van der Waals surface area contributed by atoms with E-state index in [1.54, 1.807) is 17.0 Å². The summed E-state index contributed by atoms with van der Waals surface area (Å²) in [6.45, 7) is 7.31. The quantitative estimate of drug-likeness (QED) is 0.417. The number of nitrogen functional groups attached to an aromatic ring is 1. The first-order chi connectivity index (χ1) is 15.0. The molecule has 168 valence electrons. The minimum absolute atomic E-state index is 0.0264. The summed E-state index contributed by atoms with van der Waals surface area (Å²) in [6, 6.07) is 13.7. The first kappa shape index (κ1) is 24.3. The lowest BCUT2D eigenvalue weighted by atomic mass is 9.87. The fourth-order valence-corrected chi connectivity index (χ4v) is 3.69. The van der Waals surface area contributed by atoms with Crippen molar-refractivity contribution in [2.45, 2.75) is 39.2 Å². The normalized spacial score (nSPS) is 11.4. The number of benzene rings is 2. The third-order valence-corrected chi connectivity index (χ3v) is 6.05. The van der Waals surface area contributed by atoms with Crippen LogP contribution in [0.25, 0.3) is 0 Å². The summed E-state index contributed by atoms with van der Waals surface area (Å²) in [6.07, 6.45) is 1.93. The Bertz CT molecular complexity index is 1110. The Labute approximate surface area is 203 Å². The Morgan fingerprint density at radius 1 is 1.00 bits per heavy atom. The number of amides is 1. The second-order valence-electron chi connectivity index (χ2n) is 8.62. The van der Waals surface area contributed by atoms with E-state index in [1.165, 1.54) is 11.8 Å². The van der Waals surface area contributed by atoms with Crippen LogP contribution < -0.4 is 5.73 Å². The molecule has 1 amide bonds. The van der Waals surface area contributed by atoms with E-state index in [9.17, 15) is 4.79 Å². The van der Waals surface area contributed by atoms with Crippen molar-refractivity contribution in [2.24, 2.45) is 0 Å². The molecule has 0 aliphatic carbocycles. The maximum Gasteiger partial charge on any atom is 0.275 e. The van der Waals surface area contributed by atoms with Crippen molar-refractivity contribution in [3.8, 4) is 0 Å². The van der Waals surface area contributed by atoms with Gasteiger partial charge in [-0.25, -0.2) is 9.97 Å². The summed E-state index contributed by atoms with van der Waals surface area (Å²) in [4.78, 5) is 22.9. The van der Waals surface area contributed by atoms with Gasteiger partial charge < -0.3 is 10.6 Å². The van der Waals surface area contributed by atoms with Gasteiger partial charge in [-0.3, -0.25) is 4.79 Å². The molecule has 32 heavy (non-hydrogen) atoms. The Hall–Kier alpha value is -2.34. The van der Waals surface area contributed by atoms with Gasteiger partial charge in [0.1, 0.15) is 0 Å². The van der Waals surface area contributed by atoms with Gasteiger partial charge in [0.15, 0.2) is 5.69 Å². The van der Waals surface area contributed by atoms with Gasteiger partial charge in [0.05, 0.1) is 21.9 Å². The summed E-state index contributed by atoms with van der Waals surface area (Å²) in [5.74, 6) is -0.313. The zero-order chi connectivity index (χ0) is 23.5. The maximum absolute atomic E-state index is 13.3. The number of rotatable bonds is 6. The van der Waals surface area contributed by atoms with Crippen molar-refractivity contribution in [1.29, 1.82) is 0 Å². The van der Waals surface area contributed by atoms with E-state index < -0.39 is 0 Å². The number of halogens is 3. The van der Waals surface area contributed by atoms with Crippen LogP contribution in [0, 0.1) is 0 Å². The van der Waals surface area contributed by atoms with Crippen molar-refractivity contribution < 1.29 is 4.79 Å². The zero-order valence-corrected chi connectivity index (χ0v) is 20.5. The van der Waals surface area contributed by atoms with Crippen LogP contribution in [0.3, 0.4) is 0 Å². The van der Waals surface area contributed by atoms with E-state index in [1.807, 2.05) is 18.2 Å². The maximum atomic E-state index is 13.3. The van der Waals surface area contributed by atoms with Gasteiger partial charge in [0, 0.05) is 13.1 Å². The van der Waals surface area contributed by atoms with E-state index in [0.29, 0.717) is 29.6 Å². The Balaban J connectivity index is 1.86. The predicted molar refractivity (Wildman–Crippen MR) is 132 cm³/mol. The highest BCUT2D eigenvalue weighted by Crippen LogP contribution is 2.25. The van der Waals surface area contributed by atoms with Crippen LogP contribution >= 0.6 is 34.8 Å². The molecule has 0 saturated heterocycles. The number of aromatic nitrogens is 2. The van der Waals surface area contributed by atoms with Crippen LogP contribution in [0.5, 0.6) is 0 Å². The molecular weight excluding hydrogens is 467 g/mol. The number of hydrogen-bond acceptors (Lipinski definition) is 4. The smallest absolute Gasteiger partial charge is 0.275 e. The van der Waals surface area contributed by atoms with E-state index in [4.69, 9.17) is 40.5 Å². The van der Waals surface area contributed by atoms with Gasteiger partial charge >= 0.3 is 0 Å². The lowest BCUT2D eigenvalue weighted by Crippen LogP contribution is -2.33. The molecule has 5 nitrogen and oxygen atoms in total. The molecule has 0 radical (unpaired) electrons. The highest BCUT2D eigenvalue weighted by molar-refractivity contribution is 6.42. The average molecular weight is 492 g/mol. The zero-order valence-electron chi connectivity index (χ0n) is 18.2. The summed E-state index contributed by atoms with van der Waals surface area (Å²) in [7, 11) is 0. The van der Waals surface area contributed by atoms with Crippen molar-refractivity contribution in [1.82, 2.24) is 14.9 Å². The van der Waals surface area contributed by atoms with Gasteiger partial charge in [-0.1, -0.05) is 74.3 Å². The Morgan fingerprint density at radius 2 is 1.66 bits per heavy atom. The van der Waals surface area contributed by atoms with Crippen LogP contribution in [-0.4, -0.2) is 27.3 Å². The minimum atomic E-state index is -0.313. The molecule has 3 rings (SSSR count). The molecule has 0 unspecified atom stereocenters. The molecule has 2 aromatic carbocycles. The molecule has 0 atom stereocenters. The Kier molecular flexibility index (Phi) is 7.65. The van der Waals surface area contributed by atoms with Crippen LogP contribution in [0.1, 0.15) is 48.0 Å². The standard InChI is InChI=1S/C24H25Cl3N4O/c1-24(2,3)17-7-4-16(5-8-17)14-31(11-10-15-6-9-18(25)19(26)12-15)22(32)21-20(28)13-29-23(27)30-21/h4-9,12-13H,10-11,14,28H2,1-3H3. The van der Waals surface area contributed by atoms with Crippen molar-refractivity contribution in [2.75, 3.05) is 12.3 Å². The Morgan fingerprint density at radius 3 is 2.28 bits per heavy atom. The summed E-state index contributed by atoms with van der Waals surface area (Å²) in [5, 5.41) is 0.943. The third kappa shape index (κ3) is 6.12.